The summed E-state index contributed by atoms with van der Waals surface area (Å²) in [6, 6.07) is 3.61. The van der Waals surface area contributed by atoms with Gasteiger partial charge in [-0.15, -0.1) is 0 Å². The van der Waals surface area contributed by atoms with E-state index in [1.165, 1.54) is 18.6 Å². The number of benzene rings is 1. The van der Waals surface area contributed by atoms with Crippen molar-refractivity contribution in [2.75, 3.05) is 13.1 Å². The first kappa shape index (κ1) is 14.9. The quantitative estimate of drug-likeness (QED) is 0.891. The third-order valence-electron chi connectivity index (χ3n) is 4.09. The van der Waals surface area contributed by atoms with E-state index in [1.807, 2.05) is 0 Å². The van der Waals surface area contributed by atoms with Gasteiger partial charge in [-0.25, -0.2) is 8.78 Å². The molecule has 3 N–H and O–H groups in total. The third-order valence-corrected chi connectivity index (χ3v) is 4.09. The topological polar surface area (TPSA) is 55.1 Å². The fourth-order valence-electron chi connectivity index (χ4n) is 2.86. The van der Waals surface area contributed by atoms with Gasteiger partial charge in [0.05, 0.1) is 5.56 Å². The molecule has 0 heterocycles. The SMILES string of the molecule is NCC1CCCCC1CNC(=O)c1cccc(F)c1F. The molecule has 110 valence electrons. The zero-order valence-corrected chi connectivity index (χ0v) is 11.4. The Labute approximate surface area is 117 Å². The Morgan fingerprint density at radius 2 is 1.95 bits per heavy atom. The van der Waals surface area contributed by atoms with Crippen LogP contribution in [0.3, 0.4) is 0 Å². The van der Waals surface area contributed by atoms with Crippen molar-refractivity contribution in [1.82, 2.24) is 5.32 Å². The minimum atomic E-state index is -1.09. The monoisotopic (exact) mass is 282 g/mol. The maximum Gasteiger partial charge on any atom is 0.254 e. The maximum absolute atomic E-state index is 13.5. The lowest BCUT2D eigenvalue weighted by Crippen LogP contribution is -2.37. The van der Waals surface area contributed by atoms with Crippen LogP contribution in [0.2, 0.25) is 0 Å². The zero-order valence-electron chi connectivity index (χ0n) is 11.4. The van der Waals surface area contributed by atoms with Crippen LogP contribution >= 0.6 is 0 Å². The Morgan fingerprint density at radius 3 is 2.65 bits per heavy atom. The van der Waals surface area contributed by atoms with Crippen molar-refractivity contribution in [2.24, 2.45) is 17.6 Å². The second-order valence-corrected chi connectivity index (χ2v) is 5.35. The van der Waals surface area contributed by atoms with Crippen LogP contribution in [0.1, 0.15) is 36.0 Å². The van der Waals surface area contributed by atoms with Gasteiger partial charge in [0.15, 0.2) is 11.6 Å². The summed E-state index contributed by atoms with van der Waals surface area (Å²) in [5, 5.41) is 2.70. The minimum absolute atomic E-state index is 0.245. The Balaban J connectivity index is 1.96. The predicted octanol–water partition coefficient (Wildman–Crippen LogP) is 2.46. The minimum Gasteiger partial charge on any atom is -0.352 e. The molecule has 1 fully saturated rings. The molecule has 5 heteroatoms. The van der Waals surface area contributed by atoms with Crippen LogP contribution < -0.4 is 11.1 Å². The van der Waals surface area contributed by atoms with Gasteiger partial charge in [0.1, 0.15) is 0 Å². The first-order chi connectivity index (χ1) is 9.63. The Kier molecular flexibility index (Phi) is 5.06. The van der Waals surface area contributed by atoms with Crippen LogP contribution in [0.5, 0.6) is 0 Å². The summed E-state index contributed by atoms with van der Waals surface area (Å²) >= 11 is 0. The number of amides is 1. The molecule has 1 aromatic carbocycles. The van der Waals surface area contributed by atoms with Crippen molar-refractivity contribution < 1.29 is 13.6 Å². The standard InChI is InChI=1S/C15H20F2N2O/c16-13-7-3-6-12(14(13)17)15(20)19-9-11-5-2-1-4-10(11)8-18/h3,6-7,10-11H,1-2,4-5,8-9,18H2,(H,19,20). The predicted molar refractivity (Wildman–Crippen MR) is 73.2 cm³/mol. The largest absolute Gasteiger partial charge is 0.352 e. The highest BCUT2D eigenvalue weighted by Gasteiger charge is 2.25. The molecular weight excluding hydrogens is 262 g/mol. The number of halogens is 2. The number of hydrogen-bond donors (Lipinski definition) is 2. The molecule has 2 unspecified atom stereocenters. The average Bonchev–Trinajstić information content (AvgIpc) is 2.48. The first-order valence-electron chi connectivity index (χ1n) is 7.05. The van der Waals surface area contributed by atoms with Gasteiger partial charge in [0.2, 0.25) is 0 Å². The summed E-state index contributed by atoms with van der Waals surface area (Å²) < 4.78 is 26.6. The lowest BCUT2D eigenvalue weighted by Gasteiger charge is -2.30. The molecular formula is C15H20F2N2O. The Morgan fingerprint density at radius 1 is 1.25 bits per heavy atom. The van der Waals surface area contributed by atoms with Crippen molar-refractivity contribution in [3.63, 3.8) is 0 Å². The van der Waals surface area contributed by atoms with Crippen LogP contribution in [0.25, 0.3) is 0 Å². The summed E-state index contributed by atoms with van der Waals surface area (Å²) in [6.45, 7) is 1.07. The molecule has 2 atom stereocenters. The summed E-state index contributed by atoms with van der Waals surface area (Å²) in [7, 11) is 0. The second kappa shape index (κ2) is 6.79. The molecule has 0 radical (unpaired) electrons. The molecule has 0 bridgehead atoms. The van der Waals surface area contributed by atoms with E-state index in [1.54, 1.807) is 0 Å². The van der Waals surface area contributed by atoms with E-state index in [0.29, 0.717) is 24.9 Å². The van der Waals surface area contributed by atoms with E-state index in [-0.39, 0.29) is 5.56 Å². The van der Waals surface area contributed by atoms with Crippen LogP contribution in [0, 0.1) is 23.5 Å². The maximum atomic E-state index is 13.5. The van der Waals surface area contributed by atoms with Crippen molar-refractivity contribution in [3.05, 3.63) is 35.4 Å². The molecule has 1 aliphatic carbocycles. The number of nitrogens with one attached hydrogen (secondary N) is 1. The second-order valence-electron chi connectivity index (χ2n) is 5.35. The number of rotatable bonds is 4. The van der Waals surface area contributed by atoms with E-state index >= 15 is 0 Å². The fraction of sp³-hybridized carbons (Fsp3) is 0.533. The van der Waals surface area contributed by atoms with E-state index in [0.717, 1.165) is 25.3 Å². The van der Waals surface area contributed by atoms with Crippen molar-refractivity contribution >= 4 is 5.91 Å². The highest BCUT2D eigenvalue weighted by molar-refractivity contribution is 5.94. The van der Waals surface area contributed by atoms with Crippen molar-refractivity contribution in [2.45, 2.75) is 25.7 Å². The molecule has 1 amide bonds. The molecule has 1 aliphatic rings. The molecule has 2 rings (SSSR count). The number of hydrogen-bond acceptors (Lipinski definition) is 2. The normalized spacial score (nSPS) is 22.6. The zero-order chi connectivity index (χ0) is 14.5. The smallest absolute Gasteiger partial charge is 0.254 e. The molecule has 0 saturated heterocycles. The molecule has 0 spiro atoms. The average molecular weight is 282 g/mol. The molecule has 0 aliphatic heterocycles. The van der Waals surface area contributed by atoms with E-state index in [4.69, 9.17) is 5.73 Å². The summed E-state index contributed by atoms with van der Waals surface area (Å²) in [4.78, 5) is 11.9. The number of carbonyl (C=O) groups is 1. The van der Waals surface area contributed by atoms with Crippen LogP contribution in [-0.4, -0.2) is 19.0 Å². The van der Waals surface area contributed by atoms with E-state index in [9.17, 15) is 13.6 Å². The van der Waals surface area contributed by atoms with Gasteiger partial charge in [-0.1, -0.05) is 18.9 Å². The van der Waals surface area contributed by atoms with E-state index in [2.05, 4.69) is 5.32 Å². The van der Waals surface area contributed by atoms with E-state index < -0.39 is 17.5 Å². The lowest BCUT2D eigenvalue weighted by atomic mass is 9.79. The number of nitrogens with two attached hydrogens (primary N) is 1. The molecule has 3 nitrogen and oxygen atoms in total. The van der Waals surface area contributed by atoms with Gasteiger partial charge >= 0.3 is 0 Å². The summed E-state index contributed by atoms with van der Waals surface area (Å²) in [6.07, 6.45) is 4.40. The first-order valence-corrected chi connectivity index (χ1v) is 7.05. The van der Waals surface area contributed by atoms with Gasteiger partial charge in [-0.3, -0.25) is 4.79 Å². The molecule has 20 heavy (non-hydrogen) atoms. The third kappa shape index (κ3) is 3.33. The highest BCUT2D eigenvalue weighted by atomic mass is 19.2. The van der Waals surface area contributed by atoms with Gasteiger partial charge in [-0.05, 0) is 43.4 Å². The lowest BCUT2D eigenvalue weighted by molar-refractivity contribution is 0.0930. The van der Waals surface area contributed by atoms with Gasteiger partial charge in [0, 0.05) is 6.54 Å². The molecule has 1 saturated carbocycles. The van der Waals surface area contributed by atoms with Crippen molar-refractivity contribution in [1.29, 1.82) is 0 Å². The van der Waals surface area contributed by atoms with Crippen LogP contribution in [0.4, 0.5) is 8.78 Å². The molecule has 1 aromatic rings. The van der Waals surface area contributed by atoms with Crippen LogP contribution in [-0.2, 0) is 0 Å². The summed E-state index contributed by atoms with van der Waals surface area (Å²) in [5.41, 5.74) is 5.49. The highest BCUT2D eigenvalue weighted by Crippen LogP contribution is 2.28. The van der Waals surface area contributed by atoms with Crippen molar-refractivity contribution in [3.8, 4) is 0 Å². The van der Waals surface area contributed by atoms with Crippen LogP contribution in [0.15, 0.2) is 18.2 Å². The van der Waals surface area contributed by atoms with Gasteiger partial charge in [-0.2, -0.15) is 0 Å². The Bertz CT molecular complexity index is 479. The fourth-order valence-corrected chi connectivity index (χ4v) is 2.86. The number of carbonyl (C=O) groups excluding carboxylic acids is 1. The summed E-state index contributed by atoms with van der Waals surface area (Å²) in [5.74, 6) is -1.93. The van der Waals surface area contributed by atoms with Gasteiger partial charge in [0.25, 0.3) is 5.91 Å². The molecule has 0 aromatic heterocycles. The Hall–Kier alpha value is -1.49. The van der Waals surface area contributed by atoms with Gasteiger partial charge < -0.3 is 11.1 Å².